The van der Waals surface area contributed by atoms with Crippen molar-refractivity contribution < 1.29 is 4.74 Å². The van der Waals surface area contributed by atoms with Crippen molar-refractivity contribution in [2.45, 2.75) is 32.8 Å². The van der Waals surface area contributed by atoms with E-state index in [1.165, 1.54) is 11.3 Å². The van der Waals surface area contributed by atoms with Gasteiger partial charge in [0.2, 0.25) is 0 Å². The molecule has 0 saturated heterocycles. The van der Waals surface area contributed by atoms with Crippen LogP contribution in [0.5, 0.6) is 5.75 Å². The van der Waals surface area contributed by atoms with Gasteiger partial charge >= 0.3 is 0 Å². The van der Waals surface area contributed by atoms with Gasteiger partial charge in [0.25, 0.3) is 0 Å². The largest absolute Gasteiger partial charge is 0.487 e. The second-order valence-electron chi connectivity index (χ2n) is 4.72. The predicted octanol–water partition coefficient (Wildman–Crippen LogP) is 2.19. The zero-order chi connectivity index (χ0) is 12.3. The molecule has 3 heteroatoms. The first-order valence-electron chi connectivity index (χ1n) is 6.49. The Morgan fingerprint density at radius 1 is 1.47 bits per heavy atom. The summed E-state index contributed by atoms with van der Waals surface area (Å²) < 4.78 is 5.87. The quantitative estimate of drug-likeness (QED) is 0.868. The number of rotatable bonds is 4. The fraction of sp³-hybridized carbons (Fsp3) is 0.571. The third kappa shape index (κ3) is 2.72. The second kappa shape index (κ2) is 5.41. The van der Waals surface area contributed by atoms with Gasteiger partial charge in [0, 0.05) is 6.54 Å². The number of hydrogen-bond acceptors (Lipinski definition) is 3. The predicted molar refractivity (Wildman–Crippen MR) is 71.8 cm³/mol. The van der Waals surface area contributed by atoms with Crippen LogP contribution >= 0.6 is 0 Å². The summed E-state index contributed by atoms with van der Waals surface area (Å²) in [5, 5.41) is 0. The van der Waals surface area contributed by atoms with Gasteiger partial charge in [0.1, 0.15) is 11.9 Å². The number of nitrogens with two attached hydrogens (primary N) is 1. The highest BCUT2D eigenvalue weighted by Gasteiger charge is 2.22. The molecule has 2 N–H and O–H groups in total. The molecule has 1 atom stereocenters. The molecular formula is C14H22N2O. The average molecular weight is 234 g/mol. The Hall–Kier alpha value is -1.22. The van der Waals surface area contributed by atoms with Crippen LogP contribution in [0.3, 0.4) is 0 Å². The van der Waals surface area contributed by atoms with E-state index < -0.39 is 0 Å². The van der Waals surface area contributed by atoms with Crippen molar-refractivity contribution in [3.05, 3.63) is 23.8 Å². The van der Waals surface area contributed by atoms with E-state index in [4.69, 9.17) is 10.5 Å². The van der Waals surface area contributed by atoms with E-state index in [0.29, 0.717) is 6.54 Å². The van der Waals surface area contributed by atoms with Gasteiger partial charge in [-0.05, 0) is 44.0 Å². The molecule has 1 heterocycles. The molecule has 0 aromatic heterocycles. The molecule has 0 radical (unpaired) electrons. The Labute approximate surface area is 104 Å². The van der Waals surface area contributed by atoms with Crippen molar-refractivity contribution in [3.63, 3.8) is 0 Å². The molecule has 1 unspecified atom stereocenters. The molecule has 0 spiro atoms. The number of anilines is 1. The summed E-state index contributed by atoms with van der Waals surface area (Å²) in [6.45, 7) is 7.10. The third-order valence-electron chi connectivity index (χ3n) is 3.10. The van der Waals surface area contributed by atoms with Crippen LogP contribution in [-0.4, -0.2) is 25.7 Å². The van der Waals surface area contributed by atoms with Crippen LogP contribution < -0.4 is 15.4 Å². The lowest BCUT2D eigenvalue weighted by Gasteiger charge is -2.35. The smallest absolute Gasteiger partial charge is 0.143 e. The summed E-state index contributed by atoms with van der Waals surface area (Å²) in [7, 11) is 0. The van der Waals surface area contributed by atoms with E-state index >= 15 is 0 Å². The standard InChI is InChI=1S/C14H22N2O/c1-3-8-16-10-11(2)17-14-5-4-12(6-7-15)9-13(14)16/h4-5,9,11H,3,6-8,10,15H2,1-2H3. The minimum absolute atomic E-state index is 0.273. The van der Waals surface area contributed by atoms with E-state index in [1.807, 2.05) is 0 Å². The van der Waals surface area contributed by atoms with Crippen molar-refractivity contribution in [1.29, 1.82) is 0 Å². The van der Waals surface area contributed by atoms with Crippen LogP contribution in [0, 0.1) is 0 Å². The Morgan fingerprint density at radius 2 is 2.29 bits per heavy atom. The molecule has 1 aliphatic rings. The van der Waals surface area contributed by atoms with Crippen LogP contribution in [0.1, 0.15) is 25.8 Å². The second-order valence-corrected chi connectivity index (χ2v) is 4.72. The van der Waals surface area contributed by atoms with E-state index in [9.17, 15) is 0 Å². The first-order chi connectivity index (χ1) is 8.24. The molecule has 0 fully saturated rings. The molecule has 17 heavy (non-hydrogen) atoms. The van der Waals surface area contributed by atoms with Gasteiger partial charge in [0.15, 0.2) is 0 Å². The SMILES string of the molecule is CCCN1CC(C)Oc2ccc(CCN)cc21. The Morgan fingerprint density at radius 3 is 3.00 bits per heavy atom. The van der Waals surface area contributed by atoms with E-state index in [0.717, 1.165) is 31.7 Å². The van der Waals surface area contributed by atoms with Gasteiger partial charge in [0.05, 0.1) is 12.2 Å². The molecule has 0 aliphatic carbocycles. The summed E-state index contributed by atoms with van der Waals surface area (Å²) in [4.78, 5) is 2.42. The lowest BCUT2D eigenvalue weighted by atomic mass is 10.1. The van der Waals surface area contributed by atoms with Gasteiger partial charge in [-0.25, -0.2) is 0 Å². The Balaban J connectivity index is 2.28. The minimum Gasteiger partial charge on any atom is -0.487 e. The average Bonchev–Trinajstić information content (AvgIpc) is 2.30. The summed E-state index contributed by atoms with van der Waals surface area (Å²) in [6, 6.07) is 6.43. The van der Waals surface area contributed by atoms with Gasteiger partial charge in [-0.2, -0.15) is 0 Å². The number of fused-ring (bicyclic) bond motifs is 1. The minimum atomic E-state index is 0.273. The Bertz CT molecular complexity index is 378. The molecule has 3 nitrogen and oxygen atoms in total. The number of ether oxygens (including phenoxy) is 1. The molecule has 0 saturated carbocycles. The summed E-state index contributed by atoms with van der Waals surface area (Å²) in [6.07, 6.45) is 2.37. The molecular weight excluding hydrogens is 212 g/mol. The van der Waals surface area contributed by atoms with Crippen LogP contribution in [0.25, 0.3) is 0 Å². The van der Waals surface area contributed by atoms with Crippen molar-refractivity contribution in [2.24, 2.45) is 5.73 Å². The van der Waals surface area contributed by atoms with E-state index in [1.54, 1.807) is 0 Å². The van der Waals surface area contributed by atoms with Crippen LogP contribution in [0.4, 0.5) is 5.69 Å². The molecule has 0 amide bonds. The third-order valence-corrected chi connectivity index (χ3v) is 3.10. The van der Waals surface area contributed by atoms with Crippen LogP contribution in [0.15, 0.2) is 18.2 Å². The number of nitrogens with zero attached hydrogens (tertiary/aromatic N) is 1. The summed E-state index contributed by atoms with van der Waals surface area (Å²) >= 11 is 0. The van der Waals surface area contributed by atoms with Crippen molar-refractivity contribution in [1.82, 2.24) is 0 Å². The van der Waals surface area contributed by atoms with Gasteiger partial charge in [-0.1, -0.05) is 13.0 Å². The van der Waals surface area contributed by atoms with Gasteiger partial charge < -0.3 is 15.4 Å². The number of benzene rings is 1. The number of hydrogen-bond donors (Lipinski definition) is 1. The fourth-order valence-electron chi connectivity index (χ4n) is 2.38. The van der Waals surface area contributed by atoms with Crippen LogP contribution in [0.2, 0.25) is 0 Å². The molecule has 2 rings (SSSR count). The summed E-state index contributed by atoms with van der Waals surface area (Å²) in [5.74, 6) is 1.01. The first-order valence-corrected chi connectivity index (χ1v) is 6.49. The first kappa shape index (κ1) is 12.2. The van der Waals surface area contributed by atoms with E-state index in [2.05, 4.69) is 36.9 Å². The molecule has 1 aliphatic heterocycles. The van der Waals surface area contributed by atoms with Gasteiger partial charge in [-0.3, -0.25) is 0 Å². The zero-order valence-corrected chi connectivity index (χ0v) is 10.8. The van der Waals surface area contributed by atoms with Crippen LogP contribution in [-0.2, 0) is 6.42 Å². The lowest BCUT2D eigenvalue weighted by Crippen LogP contribution is -2.38. The fourth-order valence-corrected chi connectivity index (χ4v) is 2.38. The highest BCUT2D eigenvalue weighted by molar-refractivity contribution is 5.61. The molecule has 1 aromatic carbocycles. The zero-order valence-electron chi connectivity index (χ0n) is 10.8. The summed E-state index contributed by atoms with van der Waals surface area (Å²) in [5.41, 5.74) is 8.14. The molecule has 0 bridgehead atoms. The van der Waals surface area contributed by atoms with Crippen molar-refractivity contribution >= 4 is 5.69 Å². The van der Waals surface area contributed by atoms with Crippen molar-refractivity contribution in [2.75, 3.05) is 24.5 Å². The topological polar surface area (TPSA) is 38.5 Å². The molecule has 94 valence electrons. The maximum Gasteiger partial charge on any atom is 0.143 e. The van der Waals surface area contributed by atoms with E-state index in [-0.39, 0.29) is 6.10 Å². The normalized spacial score (nSPS) is 18.8. The molecule has 1 aromatic rings. The monoisotopic (exact) mass is 234 g/mol. The highest BCUT2D eigenvalue weighted by Crippen LogP contribution is 2.34. The van der Waals surface area contributed by atoms with Crippen molar-refractivity contribution in [3.8, 4) is 5.75 Å². The maximum atomic E-state index is 5.87. The highest BCUT2D eigenvalue weighted by atomic mass is 16.5. The maximum absolute atomic E-state index is 5.87. The Kier molecular flexibility index (Phi) is 3.89. The lowest BCUT2D eigenvalue weighted by molar-refractivity contribution is 0.212. The van der Waals surface area contributed by atoms with Gasteiger partial charge in [-0.15, -0.1) is 0 Å².